The number of aromatic nitrogens is 1. The first-order chi connectivity index (χ1) is 15.9. The van der Waals surface area contributed by atoms with Crippen molar-refractivity contribution in [3.05, 3.63) is 82.8 Å². The number of nitrogens with zero attached hydrogens (tertiary/aromatic N) is 3. The SMILES string of the molecule is C=CCN1CCC2(CC1)CN(C(=O)c1c(-c3ccccc3Cl)noc1C)c1ccc(F)cc12. The molecule has 7 heteroatoms. The molecule has 5 rings (SSSR count). The Hall–Kier alpha value is -2.96. The summed E-state index contributed by atoms with van der Waals surface area (Å²) in [5, 5.41) is 4.66. The Kier molecular flexibility index (Phi) is 5.59. The topological polar surface area (TPSA) is 49.6 Å². The fourth-order valence-corrected chi connectivity index (χ4v) is 5.42. The van der Waals surface area contributed by atoms with Crippen molar-refractivity contribution in [1.29, 1.82) is 0 Å². The summed E-state index contributed by atoms with van der Waals surface area (Å²) in [6, 6.07) is 12.0. The number of carbonyl (C=O) groups is 1. The highest BCUT2D eigenvalue weighted by molar-refractivity contribution is 6.33. The molecule has 0 saturated carbocycles. The van der Waals surface area contributed by atoms with Crippen molar-refractivity contribution in [2.24, 2.45) is 0 Å². The van der Waals surface area contributed by atoms with Gasteiger partial charge in [-0.05, 0) is 62.7 Å². The lowest BCUT2D eigenvalue weighted by Gasteiger charge is -2.39. The predicted octanol–water partition coefficient (Wildman–Crippen LogP) is 5.62. The van der Waals surface area contributed by atoms with Crippen molar-refractivity contribution in [1.82, 2.24) is 10.1 Å². The number of rotatable bonds is 4. The molecule has 2 aliphatic heterocycles. The van der Waals surface area contributed by atoms with Gasteiger partial charge in [0.05, 0.1) is 5.02 Å². The molecule has 0 bridgehead atoms. The average Bonchev–Trinajstić information content (AvgIpc) is 3.34. The molecule has 2 aliphatic rings. The fourth-order valence-electron chi connectivity index (χ4n) is 5.19. The van der Waals surface area contributed by atoms with Crippen LogP contribution in [0.25, 0.3) is 11.3 Å². The number of aryl methyl sites for hydroxylation is 1. The zero-order chi connectivity index (χ0) is 23.2. The second-order valence-corrected chi connectivity index (χ2v) is 9.27. The van der Waals surface area contributed by atoms with Crippen molar-refractivity contribution in [3.8, 4) is 11.3 Å². The summed E-state index contributed by atoms with van der Waals surface area (Å²) in [4.78, 5) is 18.0. The van der Waals surface area contributed by atoms with E-state index >= 15 is 0 Å². The quantitative estimate of drug-likeness (QED) is 0.469. The molecule has 1 amide bonds. The number of piperidine rings is 1. The van der Waals surface area contributed by atoms with Gasteiger partial charge in [0.15, 0.2) is 0 Å². The van der Waals surface area contributed by atoms with Crippen molar-refractivity contribution >= 4 is 23.2 Å². The van der Waals surface area contributed by atoms with E-state index in [1.165, 1.54) is 6.07 Å². The Balaban J connectivity index is 1.54. The minimum Gasteiger partial charge on any atom is -0.360 e. The monoisotopic (exact) mass is 465 g/mol. The molecule has 5 nitrogen and oxygen atoms in total. The third-order valence-electron chi connectivity index (χ3n) is 6.93. The average molecular weight is 466 g/mol. The summed E-state index contributed by atoms with van der Waals surface area (Å²) in [6.07, 6.45) is 3.60. The molecule has 0 aliphatic carbocycles. The zero-order valence-electron chi connectivity index (χ0n) is 18.5. The number of anilines is 1. The van der Waals surface area contributed by atoms with Crippen LogP contribution in [0.15, 0.2) is 59.6 Å². The first-order valence-corrected chi connectivity index (χ1v) is 11.5. The Labute approximate surface area is 197 Å². The van der Waals surface area contributed by atoms with Crippen molar-refractivity contribution in [2.75, 3.05) is 31.1 Å². The Morgan fingerprint density at radius 2 is 2.03 bits per heavy atom. The summed E-state index contributed by atoms with van der Waals surface area (Å²) in [7, 11) is 0. The molecule has 33 heavy (non-hydrogen) atoms. The predicted molar refractivity (Wildman–Crippen MR) is 127 cm³/mol. The third kappa shape index (κ3) is 3.67. The number of hydrogen-bond donors (Lipinski definition) is 0. The van der Waals surface area contributed by atoms with Crippen LogP contribution in [0.1, 0.15) is 34.5 Å². The fraction of sp³-hybridized carbons (Fsp3) is 0.308. The minimum atomic E-state index is -0.283. The first kappa shape index (κ1) is 21.9. The molecule has 1 spiro atoms. The van der Waals surface area contributed by atoms with Crippen molar-refractivity contribution < 1.29 is 13.7 Å². The largest absolute Gasteiger partial charge is 0.360 e. The van der Waals surface area contributed by atoms with E-state index < -0.39 is 0 Å². The second kappa shape index (κ2) is 8.43. The molecule has 1 saturated heterocycles. The minimum absolute atomic E-state index is 0.207. The summed E-state index contributed by atoms with van der Waals surface area (Å²) < 4.78 is 19.8. The van der Waals surface area contributed by atoms with Crippen LogP contribution >= 0.6 is 11.6 Å². The number of likely N-dealkylation sites (tertiary alicyclic amines) is 1. The lowest BCUT2D eigenvalue weighted by Crippen LogP contribution is -2.46. The number of fused-ring (bicyclic) bond motifs is 2. The Morgan fingerprint density at radius 3 is 2.76 bits per heavy atom. The van der Waals surface area contributed by atoms with Crippen molar-refractivity contribution in [2.45, 2.75) is 25.2 Å². The number of amides is 1. The standard InChI is InChI=1S/C26H25ClFN3O2/c1-3-12-30-13-10-26(11-14-30)16-31(22-9-8-18(28)15-20(22)26)25(32)23-17(2)33-29-24(23)19-6-4-5-7-21(19)27/h3-9,15H,1,10-14,16H2,2H3. The summed E-state index contributed by atoms with van der Waals surface area (Å²) in [5.41, 5.74) is 2.84. The van der Waals surface area contributed by atoms with Gasteiger partial charge in [-0.3, -0.25) is 9.69 Å². The smallest absolute Gasteiger partial charge is 0.264 e. The highest BCUT2D eigenvalue weighted by atomic mass is 35.5. The van der Waals surface area contributed by atoms with Gasteiger partial charge in [0.2, 0.25) is 0 Å². The normalized spacial score (nSPS) is 17.4. The molecule has 0 N–H and O–H groups in total. The number of hydrogen-bond acceptors (Lipinski definition) is 4. The molecule has 3 aromatic rings. The molecule has 1 aromatic heterocycles. The number of benzene rings is 2. The lowest BCUT2D eigenvalue weighted by atomic mass is 9.74. The molecule has 170 valence electrons. The molecular formula is C26H25ClFN3O2. The van der Waals surface area contributed by atoms with Gasteiger partial charge >= 0.3 is 0 Å². The second-order valence-electron chi connectivity index (χ2n) is 8.86. The van der Waals surface area contributed by atoms with E-state index in [2.05, 4.69) is 16.6 Å². The Morgan fingerprint density at radius 1 is 1.27 bits per heavy atom. The van der Waals surface area contributed by atoms with Gasteiger partial charge in [0.1, 0.15) is 22.8 Å². The van der Waals surface area contributed by atoms with Gasteiger partial charge in [-0.1, -0.05) is 41.0 Å². The summed E-state index contributed by atoms with van der Waals surface area (Å²) in [6.45, 7) is 8.64. The highest BCUT2D eigenvalue weighted by Crippen LogP contribution is 2.48. The number of carbonyl (C=O) groups excluding carboxylic acids is 1. The van der Waals surface area contributed by atoms with E-state index in [-0.39, 0.29) is 17.1 Å². The molecule has 2 aromatic carbocycles. The van der Waals surface area contributed by atoms with Gasteiger partial charge in [-0.15, -0.1) is 6.58 Å². The Bertz CT molecular complexity index is 1230. The van der Waals surface area contributed by atoms with Gasteiger partial charge in [-0.2, -0.15) is 0 Å². The molecular weight excluding hydrogens is 441 g/mol. The van der Waals surface area contributed by atoms with Gasteiger partial charge in [-0.25, -0.2) is 4.39 Å². The van der Waals surface area contributed by atoms with E-state index in [0.717, 1.165) is 43.7 Å². The van der Waals surface area contributed by atoms with Gasteiger partial charge in [0, 0.05) is 29.8 Å². The van der Waals surface area contributed by atoms with Crippen LogP contribution < -0.4 is 4.90 Å². The summed E-state index contributed by atoms with van der Waals surface area (Å²) in [5.74, 6) is -0.0592. The van der Waals surface area contributed by atoms with E-state index in [0.29, 0.717) is 34.1 Å². The maximum atomic E-state index is 14.3. The van der Waals surface area contributed by atoms with Crippen molar-refractivity contribution in [3.63, 3.8) is 0 Å². The highest BCUT2D eigenvalue weighted by Gasteiger charge is 2.47. The van der Waals surface area contributed by atoms with E-state index in [9.17, 15) is 9.18 Å². The van der Waals surface area contributed by atoms with Gasteiger partial charge in [0.25, 0.3) is 5.91 Å². The van der Waals surface area contributed by atoms with Crippen LogP contribution in [0.2, 0.25) is 5.02 Å². The number of halogens is 2. The molecule has 0 atom stereocenters. The van der Waals surface area contributed by atoms with Crippen LogP contribution in [-0.2, 0) is 5.41 Å². The zero-order valence-corrected chi connectivity index (χ0v) is 19.2. The molecule has 1 fully saturated rings. The lowest BCUT2D eigenvalue weighted by molar-refractivity contribution is 0.0977. The summed E-state index contributed by atoms with van der Waals surface area (Å²) >= 11 is 6.40. The van der Waals surface area contributed by atoms with Gasteiger partial charge < -0.3 is 9.42 Å². The maximum Gasteiger partial charge on any atom is 0.264 e. The molecule has 3 heterocycles. The van der Waals surface area contributed by atoms with Crippen LogP contribution in [0.4, 0.5) is 10.1 Å². The van der Waals surface area contributed by atoms with Crippen LogP contribution in [-0.4, -0.2) is 42.1 Å². The maximum absolute atomic E-state index is 14.3. The first-order valence-electron chi connectivity index (χ1n) is 11.1. The van der Waals surface area contributed by atoms with Crippen LogP contribution in [0.5, 0.6) is 0 Å². The van der Waals surface area contributed by atoms with E-state index in [1.807, 2.05) is 24.3 Å². The van der Waals surface area contributed by atoms with Crippen LogP contribution in [0, 0.1) is 12.7 Å². The third-order valence-corrected chi connectivity index (χ3v) is 7.26. The van der Waals surface area contributed by atoms with E-state index in [1.54, 1.807) is 30.0 Å². The molecule has 0 radical (unpaired) electrons. The van der Waals surface area contributed by atoms with Crippen LogP contribution in [0.3, 0.4) is 0 Å². The molecule has 0 unspecified atom stereocenters. The van der Waals surface area contributed by atoms with E-state index in [4.69, 9.17) is 16.1 Å².